The molecule has 0 amide bonds. The Labute approximate surface area is 68.6 Å². The zero-order valence-electron chi connectivity index (χ0n) is 5.95. The Bertz CT molecular complexity index is 393. The van der Waals surface area contributed by atoms with Gasteiger partial charge in [-0.1, -0.05) is 11.6 Å². The molecule has 0 spiro atoms. The SMILES string of the molecule is Cn1cnc2cc(Cl)ncc21. The van der Waals surface area contributed by atoms with Crippen molar-refractivity contribution in [2.75, 3.05) is 0 Å². The summed E-state index contributed by atoms with van der Waals surface area (Å²) in [6, 6.07) is 1.75. The van der Waals surface area contributed by atoms with Crippen LogP contribution in [0.2, 0.25) is 5.15 Å². The molecule has 0 aliphatic carbocycles. The van der Waals surface area contributed by atoms with E-state index >= 15 is 0 Å². The first kappa shape index (κ1) is 6.61. The Morgan fingerprint density at radius 2 is 2.27 bits per heavy atom. The van der Waals surface area contributed by atoms with Crippen LogP contribution < -0.4 is 0 Å². The molecule has 2 aromatic rings. The number of nitrogens with zero attached hydrogens (tertiary/aromatic N) is 3. The maximum absolute atomic E-state index is 5.67. The Balaban J connectivity index is 2.86. The van der Waals surface area contributed by atoms with Crippen molar-refractivity contribution >= 4 is 22.6 Å². The van der Waals surface area contributed by atoms with Crippen molar-refractivity contribution in [2.24, 2.45) is 7.05 Å². The van der Waals surface area contributed by atoms with E-state index in [4.69, 9.17) is 11.6 Å². The van der Waals surface area contributed by atoms with Gasteiger partial charge in [-0.05, 0) is 0 Å². The molecule has 0 saturated carbocycles. The van der Waals surface area contributed by atoms with Gasteiger partial charge in [0.1, 0.15) is 5.15 Å². The lowest BCUT2D eigenvalue weighted by Gasteiger charge is -1.91. The number of hydrogen-bond donors (Lipinski definition) is 0. The number of aromatic nitrogens is 3. The molecule has 4 heteroatoms. The van der Waals surface area contributed by atoms with E-state index < -0.39 is 0 Å². The first-order chi connectivity index (χ1) is 5.27. The van der Waals surface area contributed by atoms with Crippen LogP contribution in [-0.4, -0.2) is 14.5 Å². The minimum atomic E-state index is 0.483. The standard InChI is InChI=1S/C7H6ClN3/c1-11-4-10-5-2-7(8)9-3-6(5)11/h2-4H,1H3. The highest BCUT2D eigenvalue weighted by Gasteiger charge is 1.99. The van der Waals surface area contributed by atoms with Gasteiger partial charge in [0.2, 0.25) is 0 Å². The highest BCUT2D eigenvalue weighted by Crippen LogP contribution is 2.13. The van der Waals surface area contributed by atoms with E-state index in [0.29, 0.717) is 5.15 Å². The molecule has 2 rings (SSSR count). The fourth-order valence-corrected chi connectivity index (χ4v) is 1.15. The lowest BCUT2D eigenvalue weighted by atomic mass is 10.4. The third kappa shape index (κ3) is 0.973. The Morgan fingerprint density at radius 3 is 3.09 bits per heavy atom. The van der Waals surface area contributed by atoms with E-state index in [9.17, 15) is 0 Å². The zero-order chi connectivity index (χ0) is 7.84. The van der Waals surface area contributed by atoms with E-state index in [1.54, 1.807) is 18.6 Å². The first-order valence-corrected chi connectivity index (χ1v) is 3.58. The largest absolute Gasteiger partial charge is 0.332 e. The fraction of sp³-hybridized carbons (Fsp3) is 0.143. The second-order valence-electron chi connectivity index (χ2n) is 2.35. The summed E-state index contributed by atoms with van der Waals surface area (Å²) in [6.07, 6.45) is 3.45. The quantitative estimate of drug-likeness (QED) is 0.559. The number of hydrogen-bond acceptors (Lipinski definition) is 2. The Kier molecular flexibility index (Phi) is 1.32. The van der Waals surface area contributed by atoms with E-state index in [2.05, 4.69) is 9.97 Å². The summed E-state index contributed by atoms with van der Waals surface area (Å²) in [7, 11) is 1.92. The monoisotopic (exact) mass is 167 g/mol. The Morgan fingerprint density at radius 1 is 1.45 bits per heavy atom. The smallest absolute Gasteiger partial charge is 0.131 e. The van der Waals surface area contributed by atoms with Crippen molar-refractivity contribution in [1.82, 2.24) is 14.5 Å². The van der Waals surface area contributed by atoms with Crippen molar-refractivity contribution in [3.63, 3.8) is 0 Å². The Hall–Kier alpha value is -1.09. The minimum absolute atomic E-state index is 0.483. The third-order valence-corrected chi connectivity index (χ3v) is 1.79. The predicted molar refractivity (Wildman–Crippen MR) is 43.5 cm³/mol. The summed E-state index contributed by atoms with van der Waals surface area (Å²) >= 11 is 5.67. The minimum Gasteiger partial charge on any atom is -0.332 e. The molecule has 0 aromatic carbocycles. The highest BCUT2D eigenvalue weighted by molar-refractivity contribution is 6.29. The van der Waals surface area contributed by atoms with Crippen LogP contribution in [0.3, 0.4) is 0 Å². The molecular weight excluding hydrogens is 162 g/mol. The summed E-state index contributed by atoms with van der Waals surface area (Å²) in [5.74, 6) is 0. The van der Waals surface area contributed by atoms with Gasteiger partial charge in [-0.15, -0.1) is 0 Å². The molecule has 2 aromatic heterocycles. The lowest BCUT2D eigenvalue weighted by Crippen LogP contribution is -1.84. The number of aryl methyl sites for hydroxylation is 1. The second kappa shape index (κ2) is 2.20. The molecule has 2 heterocycles. The molecule has 0 fully saturated rings. The normalized spacial score (nSPS) is 10.7. The molecule has 0 saturated heterocycles. The average molecular weight is 168 g/mol. The van der Waals surface area contributed by atoms with Crippen LogP contribution in [-0.2, 0) is 7.05 Å². The van der Waals surface area contributed by atoms with Gasteiger partial charge in [-0.2, -0.15) is 0 Å². The summed E-state index contributed by atoms with van der Waals surface area (Å²) in [6.45, 7) is 0. The van der Waals surface area contributed by atoms with E-state index in [1.807, 2.05) is 11.6 Å². The molecule has 0 unspecified atom stereocenters. The van der Waals surface area contributed by atoms with Crippen molar-refractivity contribution in [1.29, 1.82) is 0 Å². The van der Waals surface area contributed by atoms with E-state index in [0.717, 1.165) is 11.0 Å². The number of pyridine rings is 1. The van der Waals surface area contributed by atoms with Gasteiger partial charge in [0.15, 0.2) is 0 Å². The van der Waals surface area contributed by atoms with Crippen LogP contribution >= 0.6 is 11.6 Å². The van der Waals surface area contributed by atoms with Crippen LogP contribution in [0.15, 0.2) is 18.6 Å². The molecule has 0 atom stereocenters. The van der Waals surface area contributed by atoms with Crippen LogP contribution in [0.1, 0.15) is 0 Å². The average Bonchev–Trinajstić information content (AvgIpc) is 2.32. The zero-order valence-corrected chi connectivity index (χ0v) is 6.71. The van der Waals surface area contributed by atoms with Crippen LogP contribution in [0.25, 0.3) is 11.0 Å². The van der Waals surface area contributed by atoms with Gasteiger partial charge in [-0.25, -0.2) is 9.97 Å². The number of imidazole rings is 1. The van der Waals surface area contributed by atoms with E-state index in [-0.39, 0.29) is 0 Å². The number of fused-ring (bicyclic) bond motifs is 1. The summed E-state index contributed by atoms with van der Waals surface area (Å²) in [5, 5.41) is 0.483. The van der Waals surface area contributed by atoms with Gasteiger partial charge < -0.3 is 4.57 Å². The van der Waals surface area contributed by atoms with Crippen molar-refractivity contribution < 1.29 is 0 Å². The summed E-state index contributed by atoms with van der Waals surface area (Å²) in [4.78, 5) is 8.06. The van der Waals surface area contributed by atoms with Crippen molar-refractivity contribution in [3.8, 4) is 0 Å². The van der Waals surface area contributed by atoms with Gasteiger partial charge >= 0.3 is 0 Å². The third-order valence-electron chi connectivity index (χ3n) is 1.58. The second-order valence-corrected chi connectivity index (χ2v) is 2.74. The molecule has 0 bridgehead atoms. The molecule has 0 radical (unpaired) electrons. The molecule has 0 aliphatic heterocycles. The topological polar surface area (TPSA) is 30.7 Å². The van der Waals surface area contributed by atoms with Crippen molar-refractivity contribution in [3.05, 3.63) is 23.7 Å². The van der Waals surface area contributed by atoms with Crippen LogP contribution in [0.4, 0.5) is 0 Å². The summed E-state index contributed by atoms with van der Waals surface area (Å²) < 4.78 is 1.90. The van der Waals surface area contributed by atoms with Crippen LogP contribution in [0, 0.1) is 0 Å². The molecule has 11 heavy (non-hydrogen) atoms. The predicted octanol–water partition coefficient (Wildman–Crippen LogP) is 1.62. The molecule has 56 valence electrons. The maximum atomic E-state index is 5.67. The van der Waals surface area contributed by atoms with Crippen LogP contribution in [0.5, 0.6) is 0 Å². The van der Waals surface area contributed by atoms with Gasteiger partial charge in [0, 0.05) is 13.1 Å². The van der Waals surface area contributed by atoms with Gasteiger partial charge in [0.05, 0.1) is 23.6 Å². The van der Waals surface area contributed by atoms with Gasteiger partial charge in [-0.3, -0.25) is 0 Å². The highest BCUT2D eigenvalue weighted by atomic mass is 35.5. The van der Waals surface area contributed by atoms with Crippen molar-refractivity contribution in [2.45, 2.75) is 0 Å². The lowest BCUT2D eigenvalue weighted by molar-refractivity contribution is 0.945. The molecular formula is C7H6ClN3. The molecule has 3 nitrogen and oxygen atoms in total. The molecule has 0 aliphatic rings. The van der Waals surface area contributed by atoms with E-state index in [1.165, 1.54) is 0 Å². The van der Waals surface area contributed by atoms with Gasteiger partial charge in [0.25, 0.3) is 0 Å². The maximum Gasteiger partial charge on any atom is 0.131 e. The number of halogens is 1. The summed E-state index contributed by atoms with van der Waals surface area (Å²) in [5.41, 5.74) is 1.88. The first-order valence-electron chi connectivity index (χ1n) is 3.20. The molecule has 0 N–H and O–H groups in total. The number of rotatable bonds is 0. The fourth-order valence-electron chi connectivity index (χ4n) is 0.999.